The number of aliphatic hydroxyl groups is 2. The maximum absolute atomic E-state index is 14.3. The molecule has 14 atom stereocenters. The zero-order chi connectivity index (χ0) is 37.5. The monoisotopic (exact) mass is 740 g/mol. The molecule has 2 bridgehead atoms. The Bertz CT molecular complexity index is 1430. The molecular formula is C43H64O10. The van der Waals surface area contributed by atoms with Crippen molar-refractivity contribution in [3.05, 3.63) is 47.1 Å². The maximum atomic E-state index is 14.3. The normalized spacial score (nSPS) is 48.5. The standard InChI is InChI=1S/C43H64O10/c1-25-19-34-41(45)50-33-21-32(52-42(23-33)18-17-28(4)40(53-42)30-12-8-7-9-13-30)16-15-27(3)39(51-37-22-35(47-6)38(44)29(5)49-37)26(2)11-10-14-31-24-48-36(20-25)43(31,34)46/h10-11,14-15,19,26,28-30,32-40,44,46H,7-9,12-13,16-18,20-24H2,1-6H3/b11-10+,27-15+,31-14+/t26-,28-,29-,32+,33-,34-,35-,36+,37-,38-,39-,40-,42+,43+/m0/s1. The van der Waals surface area contributed by atoms with Crippen molar-refractivity contribution in [1.82, 2.24) is 0 Å². The van der Waals surface area contributed by atoms with Gasteiger partial charge < -0.3 is 43.4 Å². The minimum absolute atomic E-state index is 0.0874. The lowest BCUT2D eigenvalue weighted by molar-refractivity contribution is -0.342. The van der Waals surface area contributed by atoms with Gasteiger partial charge in [-0.25, -0.2) is 0 Å². The number of carbonyl (C=O) groups excluding carboxylic acids is 1. The molecule has 5 aliphatic heterocycles. The molecule has 10 heteroatoms. The van der Waals surface area contributed by atoms with Crippen molar-refractivity contribution in [1.29, 1.82) is 0 Å². The lowest BCUT2D eigenvalue weighted by atomic mass is 9.72. The van der Waals surface area contributed by atoms with Crippen molar-refractivity contribution >= 4 is 5.97 Å². The summed E-state index contributed by atoms with van der Waals surface area (Å²) in [7, 11) is 1.61. The number of esters is 1. The number of rotatable bonds is 4. The van der Waals surface area contributed by atoms with Gasteiger partial charge in [0.05, 0.1) is 43.2 Å². The average molecular weight is 741 g/mol. The lowest BCUT2D eigenvalue weighted by Gasteiger charge is -2.51. The van der Waals surface area contributed by atoms with Crippen molar-refractivity contribution in [2.24, 2.45) is 23.7 Å². The predicted molar refractivity (Wildman–Crippen MR) is 199 cm³/mol. The van der Waals surface area contributed by atoms with E-state index in [1.807, 2.05) is 32.1 Å². The molecule has 1 spiro atoms. The van der Waals surface area contributed by atoms with Crippen LogP contribution in [-0.4, -0.2) is 96.4 Å². The van der Waals surface area contributed by atoms with Gasteiger partial charge in [-0.3, -0.25) is 4.79 Å². The van der Waals surface area contributed by atoms with Crippen LogP contribution in [0, 0.1) is 23.7 Å². The smallest absolute Gasteiger partial charge is 0.316 e. The Morgan fingerprint density at radius 3 is 2.57 bits per heavy atom. The molecule has 53 heavy (non-hydrogen) atoms. The summed E-state index contributed by atoms with van der Waals surface area (Å²) in [5.41, 5.74) is 1.19. The Kier molecular flexibility index (Phi) is 12.1. The molecule has 1 saturated carbocycles. The molecule has 5 fully saturated rings. The average Bonchev–Trinajstić information content (AvgIpc) is 3.46. The summed E-state index contributed by atoms with van der Waals surface area (Å²) in [6.45, 7) is 10.6. The van der Waals surface area contributed by atoms with Gasteiger partial charge in [-0.1, -0.05) is 69.1 Å². The zero-order valence-electron chi connectivity index (χ0n) is 32.7. The van der Waals surface area contributed by atoms with Crippen LogP contribution in [0.1, 0.15) is 112 Å². The number of methoxy groups -OCH3 is 1. The third kappa shape index (κ3) is 8.18. The zero-order valence-corrected chi connectivity index (χ0v) is 32.7. The number of aliphatic hydroxyl groups excluding tert-OH is 1. The highest BCUT2D eigenvalue weighted by molar-refractivity contribution is 5.78. The van der Waals surface area contributed by atoms with Crippen molar-refractivity contribution in [3.8, 4) is 0 Å². The SMILES string of the molecule is CO[C@H]1C[C@H](O[C@@H]2/C(C)=C/C[C@@H]3C[C@@H](C[C@]4(CC[C@H](C)[C@@H](C5CCCCC5)O4)O3)OC(=O)[C@@H]3C=C(C)C[C@H]4OC/C(=C\C=C\[C@@H]2C)[C@]43O)O[C@@H](C)[C@@H]1O. The first kappa shape index (κ1) is 39.3. The largest absolute Gasteiger partial charge is 0.462 e. The Morgan fingerprint density at radius 2 is 1.79 bits per heavy atom. The first-order valence-electron chi connectivity index (χ1n) is 20.5. The molecule has 0 aromatic carbocycles. The second-order valence-electron chi connectivity index (χ2n) is 17.4. The number of fused-ring (bicyclic) bond motifs is 2. The molecule has 0 amide bonds. The van der Waals surface area contributed by atoms with Crippen LogP contribution in [-0.2, 0) is 38.0 Å². The molecule has 2 aliphatic carbocycles. The van der Waals surface area contributed by atoms with Gasteiger partial charge in [-0.2, -0.15) is 0 Å². The first-order chi connectivity index (χ1) is 25.4. The van der Waals surface area contributed by atoms with Crippen LogP contribution in [0.15, 0.2) is 47.1 Å². The van der Waals surface area contributed by atoms with Gasteiger partial charge in [0, 0.05) is 38.7 Å². The molecule has 10 nitrogen and oxygen atoms in total. The predicted octanol–water partition coefficient (Wildman–Crippen LogP) is 6.63. The van der Waals surface area contributed by atoms with E-state index in [-0.39, 0.29) is 30.8 Å². The minimum Gasteiger partial charge on any atom is -0.462 e. The Labute approximate surface area is 316 Å². The Hall–Kier alpha value is -1.89. The molecule has 0 aromatic heterocycles. The lowest BCUT2D eigenvalue weighted by Crippen LogP contribution is -2.56. The van der Waals surface area contributed by atoms with E-state index in [2.05, 4.69) is 32.9 Å². The molecule has 296 valence electrons. The van der Waals surface area contributed by atoms with Gasteiger partial charge in [0.2, 0.25) is 0 Å². The summed E-state index contributed by atoms with van der Waals surface area (Å²) < 4.78 is 45.3. The fraction of sp³-hybridized carbons (Fsp3) is 0.791. The number of carbonyl (C=O) groups is 1. The Morgan fingerprint density at radius 1 is 1.00 bits per heavy atom. The second kappa shape index (κ2) is 16.3. The van der Waals surface area contributed by atoms with Crippen molar-refractivity contribution in [3.63, 3.8) is 0 Å². The van der Waals surface area contributed by atoms with Gasteiger partial charge in [-0.05, 0) is 75.9 Å². The van der Waals surface area contributed by atoms with Crippen LogP contribution >= 0.6 is 0 Å². The molecule has 0 radical (unpaired) electrons. The number of hydrogen-bond donors (Lipinski definition) is 2. The second-order valence-corrected chi connectivity index (χ2v) is 17.4. The third-order valence-electron chi connectivity index (χ3n) is 13.5. The van der Waals surface area contributed by atoms with Crippen LogP contribution in [0.3, 0.4) is 0 Å². The summed E-state index contributed by atoms with van der Waals surface area (Å²) in [5.74, 6) is -1.29. The number of allylic oxidation sites excluding steroid dienone is 2. The third-order valence-corrected chi connectivity index (χ3v) is 13.5. The van der Waals surface area contributed by atoms with Gasteiger partial charge >= 0.3 is 5.97 Å². The highest BCUT2D eigenvalue weighted by Gasteiger charge is 2.57. The molecule has 7 rings (SSSR count). The number of hydrogen-bond acceptors (Lipinski definition) is 10. The topological polar surface area (TPSA) is 122 Å². The molecule has 5 heterocycles. The van der Waals surface area contributed by atoms with Gasteiger partial charge in [0.15, 0.2) is 12.1 Å². The van der Waals surface area contributed by atoms with E-state index in [0.717, 1.165) is 24.0 Å². The molecular weight excluding hydrogens is 676 g/mol. The van der Waals surface area contributed by atoms with Gasteiger partial charge in [0.25, 0.3) is 0 Å². The van der Waals surface area contributed by atoms with Crippen LogP contribution in [0.4, 0.5) is 0 Å². The highest BCUT2D eigenvalue weighted by atomic mass is 16.7. The van der Waals surface area contributed by atoms with E-state index in [0.29, 0.717) is 49.5 Å². The molecule has 0 unspecified atom stereocenters. The van der Waals surface area contributed by atoms with E-state index in [9.17, 15) is 15.0 Å². The van der Waals surface area contributed by atoms with Crippen LogP contribution < -0.4 is 0 Å². The van der Waals surface area contributed by atoms with Gasteiger partial charge in [-0.15, -0.1) is 0 Å². The van der Waals surface area contributed by atoms with Gasteiger partial charge in [0.1, 0.15) is 23.7 Å². The van der Waals surface area contributed by atoms with Crippen LogP contribution in [0.5, 0.6) is 0 Å². The summed E-state index contributed by atoms with van der Waals surface area (Å²) in [5, 5.41) is 23.1. The van der Waals surface area contributed by atoms with E-state index in [4.69, 9.17) is 33.2 Å². The fourth-order valence-electron chi connectivity index (χ4n) is 10.4. The number of ether oxygens (including phenoxy) is 7. The van der Waals surface area contributed by atoms with E-state index < -0.39 is 60.1 Å². The quantitative estimate of drug-likeness (QED) is 0.240. The van der Waals surface area contributed by atoms with Crippen LogP contribution in [0.25, 0.3) is 0 Å². The molecule has 7 aliphatic rings. The van der Waals surface area contributed by atoms with Crippen molar-refractivity contribution in [2.45, 2.75) is 178 Å². The van der Waals surface area contributed by atoms with E-state index >= 15 is 0 Å². The molecule has 4 saturated heterocycles. The summed E-state index contributed by atoms with van der Waals surface area (Å²) >= 11 is 0. The first-order valence-corrected chi connectivity index (χ1v) is 20.5. The van der Waals surface area contributed by atoms with Crippen molar-refractivity contribution < 1.29 is 48.2 Å². The summed E-state index contributed by atoms with van der Waals surface area (Å²) in [4.78, 5) is 14.3. The molecule has 0 aromatic rings. The Balaban J connectivity index is 1.22. The fourth-order valence-corrected chi connectivity index (χ4v) is 10.4. The summed E-state index contributed by atoms with van der Waals surface area (Å²) in [6, 6.07) is 0. The van der Waals surface area contributed by atoms with Crippen molar-refractivity contribution in [2.75, 3.05) is 13.7 Å². The molecule has 2 N–H and O–H groups in total. The van der Waals surface area contributed by atoms with E-state index in [1.54, 1.807) is 7.11 Å². The summed E-state index contributed by atoms with van der Waals surface area (Å²) in [6.07, 6.45) is 16.8. The van der Waals surface area contributed by atoms with Crippen LogP contribution in [0.2, 0.25) is 0 Å². The maximum Gasteiger partial charge on any atom is 0.316 e. The minimum atomic E-state index is -1.51. The van der Waals surface area contributed by atoms with E-state index in [1.165, 1.54) is 32.1 Å². The highest BCUT2D eigenvalue weighted by Crippen LogP contribution is 2.48.